The van der Waals surface area contributed by atoms with Crippen LogP contribution in [0.4, 0.5) is 0 Å². The number of hydrogen-bond acceptors (Lipinski definition) is 7. The summed E-state index contributed by atoms with van der Waals surface area (Å²) >= 11 is 0. The van der Waals surface area contributed by atoms with Crippen molar-refractivity contribution in [1.82, 2.24) is 0 Å². The van der Waals surface area contributed by atoms with E-state index in [2.05, 4.69) is 0 Å². The second-order valence-corrected chi connectivity index (χ2v) is 15.7. The minimum absolute atomic E-state index is 1.32. The van der Waals surface area contributed by atoms with E-state index >= 15 is 0 Å². The van der Waals surface area contributed by atoms with Crippen LogP contribution in [-0.4, -0.2) is 11.5 Å². The van der Waals surface area contributed by atoms with Crippen molar-refractivity contribution in [3.05, 3.63) is 0 Å². The van der Waals surface area contributed by atoms with Crippen molar-refractivity contribution in [1.29, 1.82) is 0 Å². The van der Waals surface area contributed by atoms with E-state index in [0.717, 1.165) is 0 Å². The third-order valence-corrected chi connectivity index (χ3v) is 16.0. The molecule has 1 saturated heterocycles. The third-order valence-electron chi connectivity index (χ3n) is 2.66. The average molecular weight is 379 g/mol. The Balaban J connectivity index is 2.00. The smallest absolute Gasteiger partial charge is 0.00454 e. The van der Waals surface area contributed by atoms with Gasteiger partial charge < -0.3 is 0 Å². The maximum atomic E-state index is 2.03. The lowest BCUT2D eigenvalue weighted by Gasteiger charge is -2.04. The molecule has 0 aliphatic carbocycles. The van der Waals surface area contributed by atoms with Crippen LogP contribution in [0.3, 0.4) is 0 Å². The van der Waals surface area contributed by atoms with Crippen LogP contribution >= 0.6 is 70.7 Å². The second-order valence-electron chi connectivity index (χ2n) is 4.17. The molecular formula is C11H22S7. The van der Waals surface area contributed by atoms with Crippen molar-refractivity contribution in [3.8, 4) is 0 Å². The van der Waals surface area contributed by atoms with Gasteiger partial charge in [0.1, 0.15) is 0 Å². The van der Waals surface area contributed by atoms with Gasteiger partial charge in [0.25, 0.3) is 0 Å². The molecule has 0 bridgehead atoms. The highest BCUT2D eigenvalue weighted by atomic mass is 33.9. The molecule has 0 spiro atoms. The van der Waals surface area contributed by atoms with Crippen molar-refractivity contribution in [3.63, 3.8) is 0 Å². The summed E-state index contributed by atoms with van der Waals surface area (Å²) in [7, 11) is 13.7. The third kappa shape index (κ3) is 13.4. The summed E-state index contributed by atoms with van der Waals surface area (Å²) in [6.45, 7) is 0. The molecule has 108 valence electrons. The standard InChI is InChI=1S/C11H22S7/c1-2-4-6-8-10-12-14-16-18-17-15-13-11-9-7-5-3-1/h1-11H2. The van der Waals surface area contributed by atoms with Crippen LogP contribution in [0, 0.1) is 0 Å². The first kappa shape index (κ1) is 18.5. The zero-order valence-corrected chi connectivity index (χ0v) is 16.4. The lowest BCUT2D eigenvalue weighted by molar-refractivity contribution is 0.574. The first-order valence-corrected chi connectivity index (χ1v) is 15.7. The molecule has 0 aromatic rings. The number of rotatable bonds is 0. The van der Waals surface area contributed by atoms with Gasteiger partial charge in [0, 0.05) is 11.5 Å². The summed E-state index contributed by atoms with van der Waals surface area (Å²) in [6.07, 6.45) is 13.0. The molecule has 0 N–H and O–H groups in total. The summed E-state index contributed by atoms with van der Waals surface area (Å²) in [4.78, 5) is 0. The van der Waals surface area contributed by atoms with E-state index in [9.17, 15) is 0 Å². The highest BCUT2D eigenvalue weighted by molar-refractivity contribution is 9.45. The highest BCUT2D eigenvalue weighted by Crippen LogP contribution is 2.55. The minimum Gasteiger partial charge on any atom is -0.0817 e. The molecule has 0 atom stereocenters. The zero-order chi connectivity index (χ0) is 12.7. The van der Waals surface area contributed by atoms with Gasteiger partial charge in [0.15, 0.2) is 0 Å². The Morgan fingerprint density at radius 1 is 0.333 bits per heavy atom. The van der Waals surface area contributed by atoms with Crippen molar-refractivity contribution in [2.75, 3.05) is 11.5 Å². The second kappa shape index (κ2) is 15.8. The molecule has 0 aromatic heterocycles. The summed E-state index contributed by atoms with van der Waals surface area (Å²) in [5.41, 5.74) is 0. The van der Waals surface area contributed by atoms with E-state index in [-0.39, 0.29) is 0 Å². The van der Waals surface area contributed by atoms with E-state index in [0.29, 0.717) is 0 Å². The van der Waals surface area contributed by atoms with Gasteiger partial charge in [-0.05, 0) is 62.0 Å². The molecule has 1 heterocycles. The van der Waals surface area contributed by atoms with Gasteiger partial charge in [-0.15, -0.1) is 0 Å². The molecule has 7 heteroatoms. The van der Waals surface area contributed by atoms with E-state index < -0.39 is 0 Å². The highest BCUT2D eigenvalue weighted by Gasteiger charge is 1.98. The Morgan fingerprint density at radius 3 is 1.11 bits per heavy atom. The molecule has 0 amide bonds. The maximum absolute atomic E-state index is 2.03. The van der Waals surface area contributed by atoms with E-state index in [1.807, 2.05) is 70.7 Å². The topological polar surface area (TPSA) is 0 Å². The van der Waals surface area contributed by atoms with Gasteiger partial charge in [-0.25, -0.2) is 0 Å². The van der Waals surface area contributed by atoms with E-state index in [4.69, 9.17) is 0 Å². The largest absolute Gasteiger partial charge is 0.0817 e. The molecule has 0 unspecified atom stereocenters. The molecule has 0 radical (unpaired) electrons. The van der Waals surface area contributed by atoms with Crippen LogP contribution in [0.15, 0.2) is 0 Å². The average Bonchev–Trinajstić information content (AvgIpc) is 2.39. The van der Waals surface area contributed by atoms with Crippen LogP contribution < -0.4 is 0 Å². The summed E-state index contributed by atoms with van der Waals surface area (Å²) in [5.74, 6) is 2.65. The molecule has 1 rings (SSSR count). The van der Waals surface area contributed by atoms with Gasteiger partial charge in [-0.1, -0.05) is 66.5 Å². The lowest BCUT2D eigenvalue weighted by Crippen LogP contribution is -1.83. The van der Waals surface area contributed by atoms with Gasteiger partial charge >= 0.3 is 0 Å². The molecule has 1 aliphatic rings. The Kier molecular flexibility index (Phi) is 16.3. The van der Waals surface area contributed by atoms with Crippen LogP contribution in [0.25, 0.3) is 0 Å². The Hall–Kier alpha value is 2.45. The summed E-state index contributed by atoms with van der Waals surface area (Å²) in [6, 6.07) is 0. The van der Waals surface area contributed by atoms with Gasteiger partial charge in [-0.2, -0.15) is 0 Å². The Morgan fingerprint density at radius 2 is 0.667 bits per heavy atom. The molecular weight excluding hydrogens is 357 g/mol. The monoisotopic (exact) mass is 378 g/mol. The Labute approximate surface area is 139 Å². The van der Waals surface area contributed by atoms with Crippen LogP contribution in [0.2, 0.25) is 0 Å². The van der Waals surface area contributed by atoms with Gasteiger partial charge in [0.2, 0.25) is 0 Å². The van der Waals surface area contributed by atoms with Crippen molar-refractivity contribution >= 4 is 70.7 Å². The molecule has 0 nitrogen and oxygen atoms in total. The predicted octanol–water partition coefficient (Wildman–Crippen LogP) is 8.13. The van der Waals surface area contributed by atoms with Crippen LogP contribution in [0.1, 0.15) is 57.8 Å². The molecule has 18 heavy (non-hydrogen) atoms. The first-order chi connectivity index (χ1) is 9.00. The minimum atomic E-state index is 1.32. The zero-order valence-electron chi connectivity index (χ0n) is 10.6. The van der Waals surface area contributed by atoms with Crippen molar-refractivity contribution in [2.45, 2.75) is 57.8 Å². The van der Waals surface area contributed by atoms with Crippen molar-refractivity contribution < 1.29 is 0 Å². The SMILES string of the molecule is C1CCCCCSSSSSSSCCCCC1. The molecule has 0 saturated carbocycles. The maximum Gasteiger partial charge on any atom is 0.00454 e. The fourth-order valence-electron chi connectivity index (χ4n) is 1.70. The van der Waals surface area contributed by atoms with Crippen LogP contribution in [0.5, 0.6) is 0 Å². The quantitative estimate of drug-likeness (QED) is 0.385. The molecule has 0 aromatic carbocycles. The van der Waals surface area contributed by atoms with E-state index in [1.165, 1.54) is 69.3 Å². The number of hydrogen-bond donors (Lipinski definition) is 0. The normalized spacial score (nSPS) is 24.0. The van der Waals surface area contributed by atoms with Gasteiger partial charge in [0.05, 0.1) is 0 Å². The lowest BCUT2D eigenvalue weighted by atomic mass is 10.1. The molecule has 1 fully saturated rings. The first-order valence-electron chi connectivity index (χ1n) is 6.58. The van der Waals surface area contributed by atoms with Crippen LogP contribution in [-0.2, 0) is 0 Å². The van der Waals surface area contributed by atoms with Gasteiger partial charge in [-0.3, -0.25) is 0 Å². The Bertz CT molecular complexity index is 92.4. The predicted molar refractivity (Wildman–Crippen MR) is 104 cm³/mol. The summed E-state index contributed by atoms with van der Waals surface area (Å²) < 4.78 is 0. The van der Waals surface area contributed by atoms with Crippen molar-refractivity contribution in [2.24, 2.45) is 0 Å². The fourth-order valence-corrected chi connectivity index (χ4v) is 16.2. The molecule has 1 aliphatic heterocycles. The van der Waals surface area contributed by atoms with E-state index in [1.54, 1.807) is 0 Å². The fraction of sp³-hybridized carbons (Fsp3) is 1.00. The summed E-state index contributed by atoms with van der Waals surface area (Å²) in [5, 5.41) is 0.